The molecule has 1 unspecified atom stereocenters. The monoisotopic (exact) mass is 131 g/mol. The standard InChI is InChI=1S/C6H10ClN/c1-4(2)5(3)6(7)8/h5,8H,1H2,2-3H3. The van der Waals surface area contributed by atoms with Crippen LogP contribution < -0.4 is 0 Å². The second-order valence-electron chi connectivity index (χ2n) is 1.92. The summed E-state index contributed by atoms with van der Waals surface area (Å²) in [6.07, 6.45) is 0. The van der Waals surface area contributed by atoms with Crippen LogP contribution in [0.1, 0.15) is 13.8 Å². The molecule has 0 heterocycles. The van der Waals surface area contributed by atoms with Gasteiger partial charge >= 0.3 is 0 Å². The third-order valence-corrected chi connectivity index (χ3v) is 1.45. The van der Waals surface area contributed by atoms with Crippen LogP contribution in [0, 0.1) is 11.3 Å². The van der Waals surface area contributed by atoms with E-state index in [2.05, 4.69) is 6.58 Å². The molecule has 0 radical (unpaired) electrons. The predicted molar refractivity (Wildman–Crippen MR) is 37.6 cm³/mol. The van der Waals surface area contributed by atoms with Gasteiger partial charge in [-0.3, -0.25) is 5.41 Å². The fourth-order valence-electron chi connectivity index (χ4n) is 0.216. The predicted octanol–water partition coefficient (Wildman–Crippen LogP) is 2.41. The average molecular weight is 132 g/mol. The van der Waals surface area contributed by atoms with Crippen LogP contribution in [0.4, 0.5) is 0 Å². The van der Waals surface area contributed by atoms with Crippen LogP contribution in [0.5, 0.6) is 0 Å². The Hall–Kier alpha value is -0.300. The molecular weight excluding hydrogens is 122 g/mol. The summed E-state index contributed by atoms with van der Waals surface area (Å²) in [5.74, 6) is 0.0247. The first-order valence-corrected chi connectivity index (χ1v) is 2.83. The van der Waals surface area contributed by atoms with Crippen LogP contribution in [0.3, 0.4) is 0 Å². The normalized spacial score (nSPS) is 12.9. The molecule has 0 saturated carbocycles. The van der Waals surface area contributed by atoms with Gasteiger partial charge in [-0.25, -0.2) is 0 Å². The van der Waals surface area contributed by atoms with Crippen molar-refractivity contribution < 1.29 is 0 Å². The topological polar surface area (TPSA) is 23.9 Å². The Kier molecular flexibility index (Phi) is 2.77. The Balaban J connectivity index is 3.83. The van der Waals surface area contributed by atoms with Crippen LogP contribution in [0.25, 0.3) is 0 Å². The van der Waals surface area contributed by atoms with Crippen molar-refractivity contribution in [1.29, 1.82) is 5.41 Å². The van der Waals surface area contributed by atoms with Crippen LogP contribution >= 0.6 is 11.6 Å². The SMILES string of the molecule is C=C(C)C(C)C(=N)Cl. The second-order valence-corrected chi connectivity index (χ2v) is 2.32. The van der Waals surface area contributed by atoms with Gasteiger partial charge in [-0.15, -0.1) is 0 Å². The van der Waals surface area contributed by atoms with Crippen molar-refractivity contribution in [3.8, 4) is 0 Å². The second kappa shape index (κ2) is 2.88. The van der Waals surface area contributed by atoms with E-state index in [1.165, 1.54) is 0 Å². The molecule has 0 aromatic rings. The number of hydrogen-bond donors (Lipinski definition) is 1. The van der Waals surface area contributed by atoms with Gasteiger partial charge in [0.05, 0.1) is 0 Å². The lowest BCUT2D eigenvalue weighted by atomic mass is 10.1. The molecule has 0 aromatic carbocycles. The maximum atomic E-state index is 6.94. The Morgan fingerprint density at radius 2 is 2.12 bits per heavy atom. The summed E-state index contributed by atoms with van der Waals surface area (Å²) in [6, 6.07) is 0. The molecule has 0 amide bonds. The molecule has 0 bridgehead atoms. The number of halogens is 1. The molecule has 8 heavy (non-hydrogen) atoms. The summed E-state index contributed by atoms with van der Waals surface area (Å²) < 4.78 is 0. The number of allylic oxidation sites excluding steroid dienone is 1. The highest BCUT2D eigenvalue weighted by Crippen LogP contribution is 2.09. The molecular formula is C6H10ClN. The minimum Gasteiger partial charge on any atom is -0.293 e. The zero-order valence-corrected chi connectivity index (χ0v) is 5.92. The van der Waals surface area contributed by atoms with Crippen molar-refractivity contribution in [2.75, 3.05) is 0 Å². The fourth-order valence-corrected chi connectivity index (χ4v) is 0.403. The molecule has 0 spiro atoms. The van der Waals surface area contributed by atoms with Crippen LogP contribution in [-0.2, 0) is 0 Å². The third-order valence-electron chi connectivity index (χ3n) is 1.12. The Labute approximate surface area is 54.9 Å². The molecule has 1 nitrogen and oxygen atoms in total. The molecule has 0 saturated heterocycles. The van der Waals surface area contributed by atoms with Crippen LogP contribution in [-0.4, -0.2) is 5.17 Å². The molecule has 0 aliphatic rings. The molecule has 46 valence electrons. The molecule has 2 heteroatoms. The van der Waals surface area contributed by atoms with Crippen molar-refractivity contribution in [2.45, 2.75) is 13.8 Å². The van der Waals surface area contributed by atoms with Gasteiger partial charge in [0.1, 0.15) is 5.17 Å². The minimum atomic E-state index is 0.0247. The summed E-state index contributed by atoms with van der Waals surface area (Å²) in [6.45, 7) is 7.37. The van der Waals surface area contributed by atoms with Gasteiger partial charge in [-0.05, 0) is 6.92 Å². The Morgan fingerprint density at radius 1 is 1.75 bits per heavy atom. The van der Waals surface area contributed by atoms with Crippen molar-refractivity contribution >= 4 is 16.8 Å². The van der Waals surface area contributed by atoms with Gasteiger partial charge in [-0.1, -0.05) is 30.7 Å². The van der Waals surface area contributed by atoms with E-state index in [9.17, 15) is 0 Å². The van der Waals surface area contributed by atoms with E-state index in [-0.39, 0.29) is 11.1 Å². The summed E-state index contributed by atoms with van der Waals surface area (Å²) >= 11 is 5.35. The highest BCUT2D eigenvalue weighted by atomic mass is 35.5. The van der Waals surface area contributed by atoms with Crippen molar-refractivity contribution in [3.63, 3.8) is 0 Å². The third kappa shape index (κ3) is 2.12. The molecule has 0 aromatic heterocycles. The van der Waals surface area contributed by atoms with Gasteiger partial charge in [0, 0.05) is 5.92 Å². The van der Waals surface area contributed by atoms with Gasteiger partial charge in [0.2, 0.25) is 0 Å². The lowest BCUT2D eigenvalue weighted by Gasteiger charge is -2.04. The Morgan fingerprint density at radius 3 is 2.12 bits per heavy atom. The molecule has 0 aliphatic heterocycles. The van der Waals surface area contributed by atoms with Gasteiger partial charge in [-0.2, -0.15) is 0 Å². The molecule has 0 rings (SSSR count). The summed E-state index contributed by atoms with van der Waals surface area (Å²) in [7, 11) is 0. The van der Waals surface area contributed by atoms with E-state index in [1.807, 2.05) is 13.8 Å². The van der Waals surface area contributed by atoms with E-state index in [0.29, 0.717) is 0 Å². The van der Waals surface area contributed by atoms with Crippen LogP contribution in [0.2, 0.25) is 0 Å². The first-order chi connectivity index (χ1) is 3.55. The number of nitrogens with one attached hydrogen (secondary N) is 1. The molecule has 0 aliphatic carbocycles. The highest BCUT2D eigenvalue weighted by Gasteiger charge is 2.04. The average Bonchev–Trinajstić information content (AvgIpc) is 1.64. The van der Waals surface area contributed by atoms with E-state index in [4.69, 9.17) is 17.0 Å². The molecule has 1 N–H and O–H groups in total. The summed E-state index contributed by atoms with van der Waals surface area (Å²) in [5.41, 5.74) is 0.935. The van der Waals surface area contributed by atoms with Gasteiger partial charge in [0.25, 0.3) is 0 Å². The quantitative estimate of drug-likeness (QED) is 0.440. The zero-order valence-electron chi connectivity index (χ0n) is 5.16. The van der Waals surface area contributed by atoms with Gasteiger partial charge < -0.3 is 0 Å². The lowest BCUT2D eigenvalue weighted by Crippen LogP contribution is -2.02. The fraction of sp³-hybridized carbons (Fsp3) is 0.500. The summed E-state index contributed by atoms with van der Waals surface area (Å²) in [5, 5.41) is 7.10. The lowest BCUT2D eigenvalue weighted by molar-refractivity contribution is 0.927. The van der Waals surface area contributed by atoms with Crippen molar-refractivity contribution in [1.82, 2.24) is 0 Å². The zero-order chi connectivity index (χ0) is 6.73. The van der Waals surface area contributed by atoms with Crippen molar-refractivity contribution in [2.24, 2.45) is 5.92 Å². The van der Waals surface area contributed by atoms with E-state index in [0.717, 1.165) is 5.57 Å². The smallest absolute Gasteiger partial charge is 0.104 e. The highest BCUT2D eigenvalue weighted by molar-refractivity contribution is 6.65. The van der Waals surface area contributed by atoms with Crippen molar-refractivity contribution in [3.05, 3.63) is 12.2 Å². The summed E-state index contributed by atoms with van der Waals surface area (Å²) in [4.78, 5) is 0. The molecule has 1 atom stereocenters. The minimum absolute atomic E-state index is 0.0247. The largest absolute Gasteiger partial charge is 0.293 e. The Bertz CT molecular complexity index is 104. The van der Waals surface area contributed by atoms with Gasteiger partial charge in [0.15, 0.2) is 0 Å². The number of rotatable bonds is 2. The van der Waals surface area contributed by atoms with Crippen LogP contribution in [0.15, 0.2) is 12.2 Å². The van der Waals surface area contributed by atoms with E-state index >= 15 is 0 Å². The van der Waals surface area contributed by atoms with E-state index < -0.39 is 0 Å². The number of hydrogen-bond acceptors (Lipinski definition) is 1. The first kappa shape index (κ1) is 7.70. The maximum absolute atomic E-state index is 6.94. The maximum Gasteiger partial charge on any atom is 0.104 e. The van der Waals surface area contributed by atoms with E-state index in [1.54, 1.807) is 0 Å². The molecule has 0 fully saturated rings. The first-order valence-electron chi connectivity index (χ1n) is 2.45.